The van der Waals surface area contributed by atoms with Gasteiger partial charge in [-0.2, -0.15) is 18.3 Å². The molecule has 2 rings (SSSR count). The van der Waals surface area contributed by atoms with Crippen molar-refractivity contribution in [1.82, 2.24) is 15.5 Å². The van der Waals surface area contributed by atoms with Crippen molar-refractivity contribution in [3.63, 3.8) is 0 Å². The summed E-state index contributed by atoms with van der Waals surface area (Å²) in [6.45, 7) is 1.14. The number of carbonyl (C=O) groups excluding carboxylic acids is 1. The highest BCUT2D eigenvalue weighted by Gasteiger charge is 2.39. The quantitative estimate of drug-likeness (QED) is 0.664. The molecule has 1 aromatic rings. The van der Waals surface area contributed by atoms with Crippen LogP contribution in [0.5, 0.6) is 0 Å². The fourth-order valence-electron chi connectivity index (χ4n) is 1.51. The monoisotopic (exact) mass is 234 g/mol. The van der Waals surface area contributed by atoms with Crippen molar-refractivity contribution in [2.75, 3.05) is 11.9 Å². The van der Waals surface area contributed by atoms with Crippen LogP contribution in [0.3, 0.4) is 0 Å². The van der Waals surface area contributed by atoms with Crippen molar-refractivity contribution >= 4 is 11.7 Å². The van der Waals surface area contributed by atoms with Gasteiger partial charge in [-0.05, 0) is 0 Å². The average molecular weight is 234 g/mol. The van der Waals surface area contributed by atoms with Gasteiger partial charge < -0.3 is 10.6 Å². The van der Waals surface area contributed by atoms with E-state index >= 15 is 0 Å². The number of rotatable bonds is 1. The number of anilines is 1. The van der Waals surface area contributed by atoms with Gasteiger partial charge in [0.15, 0.2) is 5.82 Å². The molecule has 5 nitrogen and oxygen atoms in total. The number of alkyl halides is 3. The second-order valence-corrected chi connectivity index (χ2v) is 3.41. The van der Waals surface area contributed by atoms with Gasteiger partial charge in [0, 0.05) is 30.8 Å². The fraction of sp³-hybridized carbons (Fsp3) is 0.500. The normalized spacial score (nSPS) is 15.7. The summed E-state index contributed by atoms with van der Waals surface area (Å²) in [4.78, 5) is 10.7. The van der Waals surface area contributed by atoms with Gasteiger partial charge in [-0.25, -0.2) is 0 Å². The standard InChI is InChI=1S/C8H9F3N4O/c9-8(10,11)7(16)13-6-4-3-12-2-1-5(4)14-15-6/h12H,1-3H2,(H2,13,14,15,16). The Balaban J connectivity index is 2.16. The molecule has 0 unspecified atom stereocenters. The third-order valence-corrected chi connectivity index (χ3v) is 2.30. The molecule has 0 aliphatic carbocycles. The molecule has 1 amide bonds. The second kappa shape index (κ2) is 3.78. The van der Waals surface area contributed by atoms with Crippen molar-refractivity contribution in [2.45, 2.75) is 19.1 Å². The maximum Gasteiger partial charge on any atom is 0.471 e. The number of hydrogen-bond donors (Lipinski definition) is 3. The molecule has 1 aromatic heterocycles. The molecule has 0 aromatic carbocycles. The summed E-state index contributed by atoms with van der Waals surface area (Å²) in [5, 5.41) is 11.0. The zero-order chi connectivity index (χ0) is 11.8. The van der Waals surface area contributed by atoms with Gasteiger partial charge in [0.05, 0.1) is 0 Å². The second-order valence-electron chi connectivity index (χ2n) is 3.41. The first-order valence-electron chi connectivity index (χ1n) is 4.63. The van der Waals surface area contributed by atoms with Gasteiger partial charge in [-0.1, -0.05) is 0 Å². The molecule has 1 aliphatic rings. The van der Waals surface area contributed by atoms with E-state index in [0.717, 1.165) is 12.2 Å². The lowest BCUT2D eigenvalue weighted by atomic mass is 10.1. The molecular weight excluding hydrogens is 225 g/mol. The lowest BCUT2D eigenvalue weighted by molar-refractivity contribution is -0.167. The van der Waals surface area contributed by atoms with Crippen LogP contribution >= 0.6 is 0 Å². The zero-order valence-corrected chi connectivity index (χ0v) is 8.11. The largest absolute Gasteiger partial charge is 0.471 e. The van der Waals surface area contributed by atoms with Crippen LogP contribution in [0, 0.1) is 0 Å². The van der Waals surface area contributed by atoms with Crippen LogP contribution in [0.15, 0.2) is 0 Å². The van der Waals surface area contributed by atoms with Gasteiger partial charge >= 0.3 is 12.1 Å². The number of nitrogens with one attached hydrogen (secondary N) is 3. The molecular formula is C8H9F3N4O. The van der Waals surface area contributed by atoms with E-state index in [4.69, 9.17) is 0 Å². The minimum atomic E-state index is -4.89. The number of hydrogen-bond acceptors (Lipinski definition) is 3. The molecule has 88 valence electrons. The lowest BCUT2D eigenvalue weighted by Crippen LogP contribution is -2.31. The minimum absolute atomic E-state index is 0.0514. The van der Waals surface area contributed by atoms with E-state index in [2.05, 4.69) is 15.5 Å². The maximum atomic E-state index is 12.0. The Hall–Kier alpha value is -1.57. The molecule has 8 heteroatoms. The summed E-state index contributed by atoms with van der Waals surface area (Å²) in [7, 11) is 0. The Morgan fingerprint density at radius 2 is 2.19 bits per heavy atom. The van der Waals surface area contributed by atoms with Crippen molar-refractivity contribution in [3.05, 3.63) is 11.3 Å². The fourth-order valence-corrected chi connectivity index (χ4v) is 1.51. The van der Waals surface area contributed by atoms with E-state index in [-0.39, 0.29) is 5.82 Å². The molecule has 2 heterocycles. The summed E-state index contributed by atoms with van der Waals surface area (Å²) in [6.07, 6.45) is -4.24. The van der Waals surface area contributed by atoms with Crippen molar-refractivity contribution in [2.24, 2.45) is 0 Å². The van der Waals surface area contributed by atoms with Crippen LogP contribution in [0.25, 0.3) is 0 Å². The number of carbonyl (C=O) groups is 1. The molecule has 0 saturated heterocycles. The number of aromatic nitrogens is 2. The first-order valence-corrected chi connectivity index (χ1v) is 4.63. The van der Waals surface area contributed by atoms with Crippen LogP contribution in [-0.4, -0.2) is 28.8 Å². The minimum Gasteiger partial charge on any atom is -0.312 e. The first-order chi connectivity index (χ1) is 7.48. The lowest BCUT2D eigenvalue weighted by Gasteiger charge is -2.13. The number of nitrogens with zero attached hydrogens (tertiary/aromatic N) is 1. The highest BCUT2D eigenvalue weighted by atomic mass is 19.4. The van der Waals surface area contributed by atoms with E-state index in [1.54, 1.807) is 5.32 Å². The van der Waals surface area contributed by atoms with E-state index in [1.165, 1.54) is 0 Å². The van der Waals surface area contributed by atoms with Crippen LogP contribution < -0.4 is 10.6 Å². The molecule has 1 aliphatic heterocycles. The third kappa shape index (κ3) is 2.01. The van der Waals surface area contributed by atoms with Gasteiger partial charge in [0.2, 0.25) is 0 Å². The summed E-state index contributed by atoms with van der Waals surface area (Å²) in [5.74, 6) is -2.06. The molecule has 0 spiro atoms. The van der Waals surface area contributed by atoms with Crippen molar-refractivity contribution in [1.29, 1.82) is 0 Å². The Kier molecular flexibility index (Phi) is 2.58. The Bertz CT molecular complexity index is 412. The Morgan fingerprint density at radius 3 is 2.88 bits per heavy atom. The topological polar surface area (TPSA) is 69.8 Å². The SMILES string of the molecule is O=C(Nc1n[nH]c2c1CNCC2)C(F)(F)F. The summed E-state index contributed by atoms with van der Waals surface area (Å²) in [6, 6.07) is 0. The molecule has 0 bridgehead atoms. The molecule has 3 N–H and O–H groups in total. The van der Waals surface area contributed by atoms with E-state index < -0.39 is 12.1 Å². The molecule has 16 heavy (non-hydrogen) atoms. The highest BCUT2D eigenvalue weighted by Crippen LogP contribution is 2.22. The van der Waals surface area contributed by atoms with E-state index in [1.807, 2.05) is 0 Å². The van der Waals surface area contributed by atoms with Gasteiger partial charge in [0.1, 0.15) is 0 Å². The molecule has 0 radical (unpaired) electrons. The van der Waals surface area contributed by atoms with E-state index in [0.29, 0.717) is 18.5 Å². The van der Waals surface area contributed by atoms with Crippen LogP contribution in [0.1, 0.15) is 11.3 Å². The molecule has 0 fully saturated rings. The zero-order valence-electron chi connectivity index (χ0n) is 8.11. The number of halogens is 3. The van der Waals surface area contributed by atoms with E-state index in [9.17, 15) is 18.0 Å². The average Bonchev–Trinajstić information content (AvgIpc) is 2.61. The first kappa shape index (κ1) is 10.9. The predicted octanol–water partition coefficient (Wildman–Crippen LogP) is 0.556. The van der Waals surface area contributed by atoms with Gasteiger partial charge in [0.25, 0.3) is 0 Å². The maximum absolute atomic E-state index is 12.0. The Morgan fingerprint density at radius 1 is 1.44 bits per heavy atom. The number of aromatic amines is 1. The van der Waals surface area contributed by atoms with Crippen molar-refractivity contribution < 1.29 is 18.0 Å². The van der Waals surface area contributed by atoms with Gasteiger partial charge in [-0.15, -0.1) is 0 Å². The van der Waals surface area contributed by atoms with Gasteiger partial charge in [-0.3, -0.25) is 9.89 Å². The number of H-pyrrole nitrogens is 1. The third-order valence-electron chi connectivity index (χ3n) is 2.30. The summed E-state index contributed by atoms with van der Waals surface area (Å²) in [5.41, 5.74) is 1.35. The molecule has 0 saturated carbocycles. The smallest absolute Gasteiger partial charge is 0.312 e. The van der Waals surface area contributed by atoms with Crippen LogP contribution in [0.2, 0.25) is 0 Å². The van der Waals surface area contributed by atoms with Crippen LogP contribution in [0.4, 0.5) is 19.0 Å². The Labute approximate surface area is 88.4 Å². The van der Waals surface area contributed by atoms with Crippen molar-refractivity contribution in [3.8, 4) is 0 Å². The highest BCUT2D eigenvalue weighted by molar-refractivity contribution is 5.94. The van der Waals surface area contributed by atoms with Crippen LogP contribution in [-0.2, 0) is 17.8 Å². The summed E-state index contributed by atoms with van der Waals surface area (Å²) >= 11 is 0. The summed E-state index contributed by atoms with van der Waals surface area (Å²) < 4.78 is 36.0. The molecule has 0 atom stereocenters. The number of amides is 1. The predicted molar refractivity (Wildman–Crippen MR) is 48.7 cm³/mol. The number of fused-ring (bicyclic) bond motifs is 1.